The molecule has 0 unspecified atom stereocenters. The minimum atomic E-state index is -0.411. The van der Waals surface area contributed by atoms with E-state index < -0.39 is 8.80 Å². The third-order valence-corrected chi connectivity index (χ3v) is 2.72. The summed E-state index contributed by atoms with van der Waals surface area (Å²) in [6.07, 6.45) is 0. The number of hydrogen-bond donors (Lipinski definition) is 0. The van der Waals surface area contributed by atoms with E-state index in [-0.39, 0.29) is 0 Å². The average Bonchev–Trinajstić information content (AvgIpc) is 1.88. The van der Waals surface area contributed by atoms with Gasteiger partial charge in [-0.15, -0.1) is 0 Å². The lowest BCUT2D eigenvalue weighted by molar-refractivity contribution is 1.35. The summed E-state index contributed by atoms with van der Waals surface area (Å²) in [7, 11) is -0.411. The molecule has 0 aromatic heterocycles. The highest BCUT2D eigenvalue weighted by molar-refractivity contribution is 6.55. The fraction of sp³-hybridized carbons (Fsp3) is 0.333. The second-order valence-corrected chi connectivity index (χ2v) is 6.20. The molecule has 0 aliphatic rings. The summed E-state index contributed by atoms with van der Waals surface area (Å²) in [5, 5.41) is 0. The third kappa shape index (κ3) is 2.36. The molecule has 0 aliphatic carbocycles. The lowest BCUT2D eigenvalue weighted by Crippen LogP contribution is -2.04. The molecule has 0 aliphatic heterocycles. The van der Waals surface area contributed by atoms with Crippen molar-refractivity contribution in [3.05, 3.63) is 35.9 Å². The summed E-state index contributed by atoms with van der Waals surface area (Å²) in [5.41, 5.74) is 1.47. The fourth-order valence-electron chi connectivity index (χ4n) is 1.03. The maximum atomic E-state index is 3.02. The van der Waals surface area contributed by atoms with Gasteiger partial charge in [0.1, 0.15) is 0 Å². The van der Waals surface area contributed by atoms with Crippen LogP contribution in [0.5, 0.6) is 0 Å². The molecule has 0 N–H and O–H groups in total. The predicted molar refractivity (Wildman–Crippen MR) is 47.9 cm³/mol. The lowest BCUT2D eigenvalue weighted by atomic mass is 10.2. The van der Waals surface area contributed by atoms with E-state index in [4.69, 9.17) is 0 Å². The van der Waals surface area contributed by atoms with Crippen molar-refractivity contribution in [2.24, 2.45) is 0 Å². The fourth-order valence-corrected chi connectivity index (χ4v) is 2.24. The SMILES string of the molecule is C[SiH](C)Cc1cc[c]cc1. The number of benzene rings is 1. The van der Waals surface area contributed by atoms with E-state index in [9.17, 15) is 0 Å². The van der Waals surface area contributed by atoms with Crippen LogP contribution in [0.4, 0.5) is 0 Å². The summed E-state index contributed by atoms with van der Waals surface area (Å²) in [5.74, 6) is 0. The third-order valence-electron chi connectivity index (χ3n) is 1.43. The zero-order valence-electron chi connectivity index (χ0n) is 6.59. The van der Waals surface area contributed by atoms with Crippen LogP contribution in [0.3, 0.4) is 0 Å². The molecule has 10 heavy (non-hydrogen) atoms. The molecule has 1 aromatic carbocycles. The van der Waals surface area contributed by atoms with Gasteiger partial charge in [0.15, 0.2) is 0 Å². The lowest BCUT2D eigenvalue weighted by Gasteiger charge is -2.01. The van der Waals surface area contributed by atoms with Crippen LogP contribution in [0.25, 0.3) is 0 Å². The summed E-state index contributed by atoms with van der Waals surface area (Å²) in [6.45, 7) is 4.74. The number of rotatable bonds is 2. The van der Waals surface area contributed by atoms with E-state index >= 15 is 0 Å². The first-order chi connectivity index (χ1) is 4.79. The van der Waals surface area contributed by atoms with Gasteiger partial charge in [-0.05, 0) is 12.1 Å². The molecule has 0 saturated heterocycles. The Morgan fingerprint density at radius 3 is 2.40 bits per heavy atom. The standard InChI is InChI=1S/C9H13Si/c1-10(2)8-9-6-4-3-5-7-9/h4-7,10H,8H2,1-2H3. The highest BCUT2D eigenvalue weighted by Crippen LogP contribution is 2.00. The Kier molecular flexibility index (Phi) is 2.69. The van der Waals surface area contributed by atoms with Crippen LogP contribution in [0.15, 0.2) is 24.3 Å². The maximum Gasteiger partial charge on any atom is 0.0352 e. The molecule has 0 fully saturated rings. The molecule has 0 saturated carbocycles. The van der Waals surface area contributed by atoms with Crippen molar-refractivity contribution in [2.45, 2.75) is 19.1 Å². The van der Waals surface area contributed by atoms with E-state index in [1.165, 1.54) is 11.6 Å². The minimum absolute atomic E-state index is 0.411. The van der Waals surface area contributed by atoms with Gasteiger partial charge >= 0.3 is 0 Å². The topological polar surface area (TPSA) is 0 Å². The van der Waals surface area contributed by atoms with Gasteiger partial charge in [0.2, 0.25) is 0 Å². The zero-order valence-corrected chi connectivity index (χ0v) is 7.75. The van der Waals surface area contributed by atoms with Crippen molar-refractivity contribution in [2.75, 3.05) is 0 Å². The van der Waals surface area contributed by atoms with Crippen LogP contribution in [0.1, 0.15) is 5.56 Å². The molecule has 0 spiro atoms. The molecule has 0 nitrogen and oxygen atoms in total. The Balaban J connectivity index is 2.59. The van der Waals surface area contributed by atoms with Crippen molar-refractivity contribution in [3.8, 4) is 0 Å². The predicted octanol–water partition coefficient (Wildman–Crippen LogP) is 2.06. The van der Waals surface area contributed by atoms with Gasteiger partial charge in [-0.2, -0.15) is 0 Å². The van der Waals surface area contributed by atoms with E-state index in [0.29, 0.717) is 0 Å². The van der Waals surface area contributed by atoms with Crippen molar-refractivity contribution < 1.29 is 0 Å². The van der Waals surface area contributed by atoms with Crippen molar-refractivity contribution in [3.63, 3.8) is 0 Å². The Hall–Kier alpha value is -0.563. The van der Waals surface area contributed by atoms with Gasteiger partial charge in [-0.25, -0.2) is 0 Å². The zero-order chi connectivity index (χ0) is 7.40. The summed E-state index contributed by atoms with van der Waals surface area (Å²) in [4.78, 5) is 0. The smallest absolute Gasteiger partial charge is 0.0352 e. The Bertz CT molecular complexity index is 179. The van der Waals surface area contributed by atoms with Crippen molar-refractivity contribution in [1.82, 2.24) is 0 Å². The molecule has 1 heteroatoms. The molecular formula is C9H13Si. The van der Waals surface area contributed by atoms with Gasteiger partial charge in [0, 0.05) is 8.80 Å². The Morgan fingerprint density at radius 1 is 1.30 bits per heavy atom. The van der Waals surface area contributed by atoms with E-state index in [0.717, 1.165) is 0 Å². The quantitative estimate of drug-likeness (QED) is 0.565. The second-order valence-electron chi connectivity index (χ2n) is 3.01. The van der Waals surface area contributed by atoms with Crippen LogP contribution in [0.2, 0.25) is 13.1 Å². The van der Waals surface area contributed by atoms with Gasteiger partial charge in [-0.1, -0.05) is 42.9 Å². The molecule has 0 atom stereocenters. The highest BCUT2D eigenvalue weighted by Gasteiger charge is 1.95. The van der Waals surface area contributed by atoms with Crippen LogP contribution in [0, 0.1) is 6.07 Å². The van der Waals surface area contributed by atoms with Gasteiger partial charge in [0.05, 0.1) is 0 Å². The Labute approximate surface area is 64.5 Å². The molecule has 1 aromatic rings. The first-order valence-electron chi connectivity index (χ1n) is 3.74. The van der Waals surface area contributed by atoms with Gasteiger partial charge in [0.25, 0.3) is 0 Å². The van der Waals surface area contributed by atoms with Crippen molar-refractivity contribution >= 4 is 8.80 Å². The highest BCUT2D eigenvalue weighted by atomic mass is 28.3. The number of hydrogen-bond acceptors (Lipinski definition) is 0. The van der Waals surface area contributed by atoms with Gasteiger partial charge in [-0.3, -0.25) is 0 Å². The summed E-state index contributed by atoms with van der Waals surface area (Å²) < 4.78 is 0. The summed E-state index contributed by atoms with van der Waals surface area (Å²) >= 11 is 0. The van der Waals surface area contributed by atoms with Gasteiger partial charge < -0.3 is 0 Å². The molecule has 0 heterocycles. The average molecular weight is 149 g/mol. The first kappa shape index (κ1) is 7.54. The molecule has 53 valence electrons. The van der Waals surface area contributed by atoms with E-state index in [1.54, 1.807) is 0 Å². The second kappa shape index (κ2) is 3.57. The largest absolute Gasteiger partial charge is 0.0719 e. The van der Waals surface area contributed by atoms with Crippen LogP contribution >= 0.6 is 0 Å². The Morgan fingerprint density at radius 2 is 1.90 bits per heavy atom. The molecule has 0 amide bonds. The van der Waals surface area contributed by atoms with Crippen LogP contribution < -0.4 is 0 Å². The van der Waals surface area contributed by atoms with E-state index in [1.807, 2.05) is 12.1 Å². The van der Waals surface area contributed by atoms with Crippen LogP contribution in [-0.2, 0) is 6.04 Å². The normalized spacial score (nSPS) is 10.3. The molecular weight excluding hydrogens is 136 g/mol. The van der Waals surface area contributed by atoms with Crippen LogP contribution in [-0.4, -0.2) is 8.80 Å². The van der Waals surface area contributed by atoms with E-state index in [2.05, 4.69) is 31.3 Å². The molecule has 0 bridgehead atoms. The first-order valence-corrected chi connectivity index (χ1v) is 6.86. The molecule has 1 rings (SSSR count). The monoisotopic (exact) mass is 149 g/mol. The summed E-state index contributed by atoms with van der Waals surface area (Å²) in [6, 6.07) is 12.6. The maximum absolute atomic E-state index is 3.02. The minimum Gasteiger partial charge on any atom is -0.0719 e. The molecule has 1 radical (unpaired) electrons. The van der Waals surface area contributed by atoms with Crippen molar-refractivity contribution in [1.29, 1.82) is 0 Å².